The number of aromatic nitrogens is 1. The second kappa shape index (κ2) is 4.23. The average Bonchev–Trinajstić information content (AvgIpc) is 2.74. The zero-order chi connectivity index (χ0) is 9.80. The third kappa shape index (κ3) is 1.77. The highest BCUT2D eigenvalue weighted by molar-refractivity contribution is 5.34. The highest BCUT2D eigenvalue weighted by Crippen LogP contribution is 2.31. The maximum atomic E-state index is 4.05. The molecular formula is C13H15N. The molecule has 1 aromatic heterocycles. The molecule has 0 aromatic carbocycles. The summed E-state index contributed by atoms with van der Waals surface area (Å²) in [6, 6.07) is 4.24. The van der Waals surface area contributed by atoms with E-state index >= 15 is 0 Å². The van der Waals surface area contributed by atoms with E-state index in [1.807, 2.05) is 12.4 Å². The first kappa shape index (κ1) is 9.20. The summed E-state index contributed by atoms with van der Waals surface area (Å²) in [4.78, 5) is 4.05. The fraction of sp³-hybridized carbons (Fsp3) is 0.308. The van der Waals surface area contributed by atoms with Crippen molar-refractivity contribution < 1.29 is 0 Å². The molecule has 0 unspecified atom stereocenters. The molecule has 1 heterocycles. The molecular weight excluding hydrogens is 170 g/mol. The van der Waals surface area contributed by atoms with Crippen LogP contribution in [0.15, 0.2) is 48.3 Å². The molecule has 0 amide bonds. The lowest BCUT2D eigenvalue weighted by Gasteiger charge is -2.16. The minimum absolute atomic E-state index is 0.577. The maximum absolute atomic E-state index is 4.05. The summed E-state index contributed by atoms with van der Waals surface area (Å²) < 4.78 is 0. The quantitative estimate of drug-likeness (QED) is 0.702. The van der Waals surface area contributed by atoms with E-state index in [1.165, 1.54) is 11.1 Å². The van der Waals surface area contributed by atoms with Gasteiger partial charge in [0.2, 0.25) is 0 Å². The van der Waals surface area contributed by atoms with Crippen molar-refractivity contribution in [2.45, 2.75) is 25.7 Å². The van der Waals surface area contributed by atoms with Gasteiger partial charge >= 0.3 is 0 Å². The van der Waals surface area contributed by atoms with Crippen molar-refractivity contribution in [2.24, 2.45) is 0 Å². The third-order valence-corrected chi connectivity index (χ3v) is 2.76. The van der Waals surface area contributed by atoms with E-state index in [1.54, 1.807) is 0 Å². The van der Waals surface area contributed by atoms with E-state index in [-0.39, 0.29) is 0 Å². The topological polar surface area (TPSA) is 12.9 Å². The van der Waals surface area contributed by atoms with Gasteiger partial charge in [-0.25, -0.2) is 0 Å². The monoisotopic (exact) mass is 185 g/mol. The predicted octanol–water partition coefficient (Wildman–Crippen LogP) is 3.46. The van der Waals surface area contributed by atoms with Crippen LogP contribution in [0.5, 0.6) is 0 Å². The Labute approximate surface area is 85.2 Å². The Bertz CT molecular complexity index is 349. The van der Waals surface area contributed by atoms with Crippen molar-refractivity contribution in [1.82, 2.24) is 4.98 Å². The van der Waals surface area contributed by atoms with Crippen LogP contribution in [0, 0.1) is 0 Å². The van der Waals surface area contributed by atoms with Crippen LogP contribution in [0.3, 0.4) is 0 Å². The molecule has 1 atom stereocenters. The second-order valence-electron chi connectivity index (χ2n) is 3.62. The smallest absolute Gasteiger partial charge is 0.0270 e. The molecule has 0 radical (unpaired) electrons. The van der Waals surface area contributed by atoms with Gasteiger partial charge in [0.15, 0.2) is 0 Å². The summed E-state index contributed by atoms with van der Waals surface area (Å²) in [5.41, 5.74) is 2.91. The fourth-order valence-electron chi connectivity index (χ4n) is 2.03. The van der Waals surface area contributed by atoms with E-state index < -0.39 is 0 Å². The number of nitrogens with zero attached hydrogens (tertiary/aromatic N) is 1. The zero-order valence-corrected chi connectivity index (χ0v) is 8.48. The second-order valence-corrected chi connectivity index (χ2v) is 3.62. The molecule has 0 N–H and O–H groups in total. The Kier molecular flexibility index (Phi) is 2.78. The van der Waals surface area contributed by atoms with Crippen LogP contribution in [0.1, 0.15) is 31.2 Å². The Hall–Kier alpha value is -1.37. The van der Waals surface area contributed by atoms with Crippen molar-refractivity contribution in [2.75, 3.05) is 0 Å². The summed E-state index contributed by atoms with van der Waals surface area (Å²) >= 11 is 0. The van der Waals surface area contributed by atoms with Gasteiger partial charge < -0.3 is 0 Å². The number of allylic oxidation sites excluding steroid dienone is 4. The highest BCUT2D eigenvalue weighted by Gasteiger charge is 2.14. The first-order valence-electron chi connectivity index (χ1n) is 5.17. The normalized spacial score (nSPS) is 16.8. The first-order valence-corrected chi connectivity index (χ1v) is 5.17. The minimum Gasteiger partial charge on any atom is -0.265 e. The van der Waals surface area contributed by atoms with Gasteiger partial charge in [0.25, 0.3) is 0 Å². The molecule has 1 heteroatoms. The third-order valence-electron chi connectivity index (χ3n) is 2.76. The van der Waals surface area contributed by atoms with E-state index in [0.29, 0.717) is 5.92 Å². The van der Waals surface area contributed by atoms with Crippen LogP contribution in [-0.2, 0) is 0 Å². The highest BCUT2D eigenvalue weighted by atomic mass is 14.6. The van der Waals surface area contributed by atoms with E-state index in [2.05, 4.69) is 42.3 Å². The number of hydrogen-bond donors (Lipinski definition) is 0. The molecule has 1 aliphatic rings. The average molecular weight is 185 g/mol. The van der Waals surface area contributed by atoms with Gasteiger partial charge in [-0.3, -0.25) is 4.98 Å². The lowest BCUT2D eigenvalue weighted by molar-refractivity contribution is 0.745. The van der Waals surface area contributed by atoms with Crippen LogP contribution in [0.25, 0.3) is 0 Å². The Morgan fingerprint density at radius 2 is 2.14 bits per heavy atom. The predicted molar refractivity (Wildman–Crippen MR) is 59.1 cm³/mol. The molecule has 1 nitrogen and oxygen atoms in total. The summed E-state index contributed by atoms with van der Waals surface area (Å²) in [6.07, 6.45) is 12.6. The van der Waals surface area contributed by atoms with Gasteiger partial charge in [0.05, 0.1) is 0 Å². The first-order chi connectivity index (χ1) is 6.92. The molecule has 0 aliphatic heterocycles. The van der Waals surface area contributed by atoms with Crippen LogP contribution in [0.2, 0.25) is 0 Å². The summed E-state index contributed by atoms with van der Waals surface area (Å²) in [5, 5.41) is 0. The molecule has 72 valence electrons. The van der Waals surface area contributed by atoms with Crippen LogP contribution in [-0.4, -0.2) is 4.98 Å². The molecule has 0 fully saturated rings. The SMILES string of the molecule is CC[C@@H](C1=CC=CC1)c1ccncc1. The molecule has 14 heavy (non-hydrogen) atoms. The van der Waals surface area contributed by atoms with Gasteiger partial charge in [-0.1, -0.05) is 30.7 Å². The fourth-order valence-corrected chi connectivity index (χ4v) is 2.03. The molecule has 2 rings (SSSR count). The Morgan fingerprint density at radius 1 is 1.36 bits per heavy atom. The lowest BCUT2D eigenvalue weighted by Crippen LogP contribution is -1.99. The van der Waals surface area contributed by atoms with E-state index in [0.717, 1.165) is 12.8 Å². The molecule has 1 aromatic rings. The largest absolute Gasteiger partial charge is 0.265 e. The van der Waals surface area contributed by atoms with Gasteiger partial charge in [0, 0.05) is 18.3 Å². The van der Waals surface area contributed by atoms with Gasteiger partial charge in [0.1, 0.15) is 0 Å². The molecule has 0 saturated heterocycles. The van der Waals surface area contributed by atoms with Crippen molar-refractivity contribution in [3.8, 4) is 0 Å². The van der Waals surface area contributed by atoms with Crippen molar-refractivity contribution in [3.05, 3.63) is 53.9 Å². The molecule has 0 bridgehead atoms. The number of rotatable bonds is 3. The lowest BCUT2D eigenvalue weighted by atomic mass is 9.89. The van der Waals surface area contributed by atoms with Crippen LogP contribution in [0.4, 0.5) is 0 Å². The zero-order valence-electron chi connectivity index (χ0n) is 8.48. The van der Waals surface area contributed by atoms with Gasteiger partial charge in [-0.2, -0.15) is 0 Å². The maximum Gasteiger partial charge on any atom is 0.0270 e. The summed E-state index contributed by atoms with van der Waals surface area (Å²) in [7, 11) is 0. The number of pyridine rings is 1. The summed E-state index contributed by atoms with van der Waals surface area (Å²) in [6.45, 7) is 2.24. The van der Waals surface area contributed by atoms with Crippen LogP contribution >= 0.6 is 0 Å². The van der Waals surface area contributed by atoms with Crippen molar-refractivity contribution in [3.63, 3.8) is 0 Å². The van der Waals surface area contributed by atoms with E-state index in [9.17, 15) is 0 Å². The van der Waals surface area contributed by atoms with Gasteiger partial charge in [-0.05, 0) is 30.5 Å². The Morgan fingerprint density at radius 3 is 2.71 bits per heavy atom. The standard InChI is InChI=1S/C13H15N/c1-2-13(11-5-3-4-6-11)12-7-9-14-10-8-12/h3-5,7-10,13H,2,6H2,1H3/t13-/m0/s1. The van der Waals surface area contributed by atoms with E-state index in [4.69, 9.17) is 0 Å². The molecule has 0 saturated carbocycles. The molecule has 0 spiro atoms. The minimum atomic E-state index is 0.577. The Balaban J connectivity index is 2.22. The molecule has 1 aliphatic carbocycles. The van der Waals surface area contributed by atoms with Crippen LogP contribution < -0.4 is 0 Å². The number of hydrogen-bond acceptors (Lipinski definition) is 1. The summed E-state index contributed by atoms with van der Waals surface area (Å²) in [5.74, 6) is 0.577. The van der Waals surface area contributed by atoms with Gasteiger partial charge in [-0.15, -0.1) is 0 Å². The van der Waals surface area contributed by atoms with Crippen molar-refractivity contribution in [1.29, 1.82) is 0 Å². The van der Waals surface area contributed by atoms with Crippen molar-refractivity contribution >= 4 is 0 Å².